The third kappa shape index (κ3) is 2.60. The molecule has 1 saturated carbocycles. The van der Waals surface area contributed by atoms with Gasteiger partial charge in [-0.1, -0.05) is 54.4 Å². The second kappa shape index (κ2) is 5.10. The molecule has 0 atom stereocenters. The summed E-state index contributed by atoms with van der Waals surface area (Å²) in [5.74, 6) is 1.35. The molecule has 98 valence electrons. The Morgan fingerprint density at radius 2 is 1.63 bits per heavy atom. The van der Waals surface area contributed by atoms with E-state index in [1.165, 1.54) is 18.4 Å². The van der Waals surface area contributed by atoms with E-state index in [0.717, 1.165) is 23.5 Å². The van der Waals surface area contributed by atoms with Crippen LogP contribution in [0.15, 0.2) is 24.3 Å². The fraction of sp³-hybridized carbons (Fsp3) is 0.333. The minimum atomic E-state index is 0.448. The summed E-state index contributed by atoms with van der Waals surface area (Å²) in [5, 5.41) is 0.896. The van der Waals surface area contributed by atoms with Crippen LogP contribution in [0.4, 0.5) is 0 Å². The molecule has 0 bridgehead atoms. The third-order valence-corrected chi connectivity index (χ3v) is 4.10. The van der Waals surface area contributed by atoms with Gasteiger partial charge in [0.15, 0.2) is 5.82 Å². The predicted molar refractivity (Wildman–Crippen MR) is 78.8 cm³/mol. The highest BCUT2D eigenvalue weighted by atomic mass is 35.5. The Kier molecular flexibility index (Phi) is 3.46. The van der Waals surface area contributed by atoms with Crippen molar-refractivity contribution in [1.29, 1.82) is 0 Å². The highest BCUT2D eigenvalue weighted by Gasteiger charge is 2.23. The Hall–Kier alpha value is -1.12. The molecule has 0 N–H and O–H groups in total. The summed E-state index contributed by atoms with van der Waals surface area (Å²) in [6.45, 7) is 1.99. The summed E-state index contributed by atoms with van der Waals surface area (Å²) in [6.07, 6.45) is 3.34. The second-order valence-electron chi connectivity index (χ2n) is 4.86. The molecule has 2 aromatic rings. The minimum absolute atomic E-state index is 0.448. The van der Waals surface area contributed by atoms with Gasteiger partial charge in [0.1, 0.15) is 10.3 Å². The Balaban J connectivity index is 1.96. The third-order valence-electron chi connectivity index (χ3n) is 3.48. The van der Waals surface area contributed by atoms with Gasteiger partial charge in [0.25, 0.3) is 0 Å². The van der Waals surface area contributed by atoms with Gasteiger partial charge in [-0.3, -0.25) is 0 Å². The van der Waals surface area contributed by atoms with Gasteiger partial charge in [-0.2, -0.15) is 0 Å². The van der Waals surface area contributed by atoms with Gasteiger partial charge in [0.05, 0.1) is 0 Å². The largest absolute Gasteiger partial charge is 0.216 e. The van der Waals surface area contributed by atoms with Crippen molar-refractivity contribution in [3.05, 3.63) is 45.7 Å². The number of rotatable bonds is 3. The van der Waals surface area contributed by atoms with E-state index in [1.54, 1.807) is 0 Å². The van der Waals surface area contributed by atoms with Crippen molar-refractivity contribution < 1.29 is 0 Å². The maximum atomic E-state index is 6.14. The zero-order valence-corrected chi connectivity index (χ0v) is 12.2. The highest BCUT2D eigenvalue weighted by Crippen LogP contribution is 2.40. The zero-order chi connectivity index (χ0) is 13.4. The molecule has 19 heavy (non-hydrogen) atoms. The Morgan fingerprint density at radius 1 is 1.05 bits per heavy atom. The van der Waals surface area contributed by atoms with Crippen LogP contribution in [0.1, 0.15) is 36.8 Å². The van der Waals surface area contributed by atoms with E-state index < -0.39 is 0 Å². The first-order chi connectivity index (χ1) is 9.19. The molecule has 0 aliphatic heterocycles. The van der Waals surface area contributed by atoms with Crippen molar-refractivity contribution in [2.45, 2.75) is 32.1 Å². The quantitative estimate of drug-likeness (QED) is 0.753. The standard InChI is InChI=1S/C15H14Cl2N2/c1-2-12-13(16)18-15(19-14(12)17)11-7-5-10(6-8-11)9-3-4-9/h5-9H,2-4H2,1H3. The van der Waals surface area contributed by atoms with Crippen LogP contribution in [0, 0.1) is 0 Å². The van der Waals surface area contributed by atoms with E-state index >= 15 is 0 Å². The minimum Gasteiger partial charge on any atom is -0.216 e. The molecule has 3 rings (SSSR count). The average Bonchev–Trinajstić information content (AvgIpc) is 3.23. The molecule has 0 amide bonds. The molecule has 4 heteroatoms. The maximum Gasteiger partial charge on any atom is 0.162 e. The fourth-order valence-corrected chi connectivity index (χ4v) is 2.83. The number of hydrogen-bond acceptors (Lipinski definition) is 2. The lowest BCUT2D eigenvalue weighted by Crippen LogP contribution is -1.96. The topological polar surface area (TPSA) is 25.8 Å². The molecular formula is C15H14Cl2N2. The molecular weight excluding hydrogens is 279 g/mol. The monoisotopic (exact) mass is 292 g/mol. The van der Waals surface area contributed by atoms with Crippen LogP contribution in [-0.4, -0.2) is 9.97 Å². The average molecular weight is 293 g/mol. The number of halogens is 2. The van der Waals surface area contributed by atoms with E-state index in [2.05, 4.69) is 22.1 Å². The van der Waals surface area contributed by atoms with Crippen LogP contribution in [0.5, 0.6) is 0 Å². The molecule has 0 unspecified atom stereocenters. The number of benzene rings is 1. The predicted octanol–water partition coefficient (Wildman–Crippen LogP) is 4.89. The van der Waals surface area contributed by atoms with Gasteiger partial charge in [0, 0.05) is 11.1 Å². The second-order valence-corrected chi connectivity index (χ2v) is 5.57. The summed E-state index contributed by atoms with van der Waals surface area (Å²) in [6, 6.07) is 8.38. The van der Waals surface area contributed by atoms with Crippen LogP contribution in [0.2, 0.25) is 10.3 Å². The first-order valence-electron chi connectivity index (χ1n) is 6.51. The van der Waals surface area contributed by atoms with Gasteiger partial charge >= 0.3 is 0 Å². The van der Waals surface area contributed by atoms with Gasteiger partial charge in [0.2, 0.25) is 0 Å². The zero-order valence-electron chi connectivity index (χ0n) is 10.7. The van der Waals surface area contributed by atoms with Crippen LogP contribution in [0.3, 0.4) is 0 Å². The van der Waals surface area contributed by atoms with Crippen LogP contribution in [-0.2, 0) is 6.42 Å². The first kappa shape index (κ1) is 12.9. The van der Waals surface area contributed by atoms with E-state index in [9.17, 15) is 0 Å². The van der Waals surface area contributed by atoms with Crippen molar-refractivity contribution in [3.8, 4) is 11.4 Å². The molecule has 1 heterocycles. The van der Waals surface area contributed by atoms with Crippen LogP contribution in [0.25, 0.3) is 11.4 Å². The molecule has 1 aliphatic rings. The van der Waals surface area contributed by atoms with Crippen LogP contribution < -0.4 is 0 Å². The van der Waals surface area contributed by atoms with Crippen molar-refractivity contribution in [3.63, 3.8) is 0 Å². The lowest BCUT2D eigenvalue weighted by Gasteiger charge is -2.07. The van der Waals surface area contributed by atoms with Crippen LogP contribution >= 0.6 is 23.2 Å². The van der Waals surface area contributed by atoms with E-state index in [-0.39, 0.29) is 0 Å². The van der Waals surface area contributed by atoms with Crippen molar-refractivity contribution >= 4 is 23.2 Å². The molecule has 1 aromatic carbocycles. The first-order valence-corrected chi connectivity index (χ1v) is 7.27. The van der Waals surface area contributed by atoms with Gasteiger partial charge in [-0.25, -0.2) is 9.97 Å². The summed E-state index contributed by atoms with van der Waals surface area (Å²) in [7, 11) is 0. The summed E-state index contributed by atoms with van der Waals surface area (Å²) >= 11 is 12.3. The normalized spacial score (nSPS) is 14.7. The summed E-state index contributed by atoms with van der Waals surface area (Å²) < 4.78 is 0. The SMILES string of the molecule is CCc1c(Cl)nc(-c2ccc(C3CC3)cc2)nc1Cl. The molecule has 2 nitrogen and oxygen atoms in total. The lowest BCUT2D eigenvalue weighted by molar-refractivity contribution is 1.05. The smallest absolute Gasteiger partial charge is 0.162 e. The Labute approximate surface area is 122 Å². The molecule has 0 spiro atoms. The van der Waals surface area contributed by atoms with Gasteiger partial charge in [-0.05, 0) is 30.7 Å². The Morgan fingerprint density at radius 3 is 2.11 bits per heavy atom. The molecule has 1 aliphatic carbocycles. The number of hydrogen-bond donors (Lipinski definition) is 0. The Bertz CT molecular complexity index is 581. The summed E-state index contributed by atoms with van der Waals surface area (Å²) in [5.41, 5.74) is 3.16. The van der Waals surface area contributed by atoms with E-state index in [1.807, 2.05) is 19.1 Å². The van der Waals surface area contributed by atoms with E-state index in [4.69, 9.17) is 23.2 Å². The molecule has 0 radical (unpaired) electrons. The van der Waals surface area contributed by atoms with Crippen molar-refractivity contribution in [2.75, 3.05) is 0 Å². The van der Waals surface area contributed by atoms with Gasteiger partial charge in [-0.15, -0.1) is 0 Å². The van der Waals surface area contributed by atoms with Gasteiger partial charge < -0.3 is 0 Å². The number of aromatic nitrogens is 2. The lowest BCUT2D eigenvalue weighted by atomic mass is 10.1. The molecule has 1 fully saturated rings. The highest BCUT2D eigenvalue weighted by molar-refractivity contribution is 6.34. The summed E-state index contributed by atoms with van der Waals surface area (Å²) in [4.78, 5) is 8.67. The fourth-order valence-electron chi connectivity index (χ4n) is 2.17. The number of nitrogens with zero attached hydrogens (tertiary/aromatic N) is 2. The molecule has 0 saturated heterocycles. The van der Waals surface area contributed by atoms with E-state index in [0.29, 0.717) is 16.1 Å². The maximum absolute atomic E-state index is 6.14. The van der Waals surface area contributed by atoms with Crippen molar-refractivity contribution in [1.82, 2.24) is 9.97 Å². The molecule has 1 aromatic heterocycles. The van der Waals surface area contributed by atoms with Crippen molar-refractivity contribution in [2.24, 2.45) is 0 Å².